The van der Waals surface area contributed by atoms with E-state index in [2.05, 4.69) is 10.6 Å². The third kappa shape index (κ3) is 4.66. The number of hydrogen-bond donors (Lipinski definition) is 2. The van der Waals surface area contributed by atoms with Gasteiger partial charge in [0, 0.05) is 25.7 Å². The maximum atomic E-state index is 12.7. The van der Waals surface area contributed by atoms with E-state index < -0.39 is 17.8 Å². The number of carbonyl (C=O) groups excluding carboxylic acids is 1. The molecule has 1 saturated heterocycles. The second-order valence-electron chi connectivity index (χ2n) is 4.92. The summed E-state index contributed by atoms with van der Waals surface area (Å²) in [5.41, 5.74) is -0.890. The molecule has 1 aliphatic heterocycles. The summed E-state index contributed by atoms with van der Waals surface area (Å²) in [6, 6.07) is 2.53. The van der Waals surface area contributed by atoms with E-state index in [0.29, 0.717) is 19.6 Å². The van der Waals surface area contributed by atoms with Crippen molar-refractivity contribution in [2.45, 2.75) is 19.1 Å². The SMILES string of the molecule is C[C@@H]1CN(C(=O)Nc2cc(C(F)(F)F)ccc2Cl)CCN1.Cl. The van der Waals surface area contributed by atoms with Crippen LogP contribution in [0.15, 0.2) is 18.2 Å². The van der Waals surface area contributed by atoms with Crippen molar-refractivity contribution >= 4 is 35.7 Å². The predicted octanol–water partition coefficient (Wildman–Crippen LogP) is 3.61. The molecule has 0 saturated carbocycles. The zero-order valence-corrected chi connectivity index (χ0v) is 13.3. The molecule has 0 radical (unpaired) electrons. The first-order chi connectivity index (χ1) is 9.77. The van der Waals surface area contributed by atoms with E-state index in [0.717, 1.165) is 18.2 Å². The summed E-state index contributed by atoms with van der Waals surface area (Å²) in [5, 5.41) is 5.68. The van der Waals surface area contributed by atoms with E-state index in [4.69, 9.17) is 11.6 Å². The van der Waals surface area contributed by atoms with Crippen LogP contribution in [-0.2, 0) is 6.18 Å². The first-order valence-electron chi connectivity index (χ1n) is 6.43. The second-order valence-corrected chi connectivity index (χ2v) is 5.33. The van der Waals surface area contributed by atoms with Gasteiger partial charge in [-0.1, -0.05) is 11.6 Å². The molecule has 1 aromatic carbocycles. The van der Waals surface area contributed by atoms with Crippen molar-refractivity contribution in [3.8, 4) is 0 Å². The van der Waals surface area contributed by atoms with E-state index in [9.17, 15) is 18.0 Å². The van der Waals surface area contributed by atoms with Crippen LogP contribution in [0.4, 0.5) is 23.7 Å². The highest BCUT2D eigenvalue weighted by Crippen LogP contribution is 2.33. The highest BCUT2D eigenvalue weighted by Gasteiger charge is 2.31. The number of amides is 2. The minimum atomic E-state index is -4.48. The van der Waals surface area contributed by atoms with Gasteiger partial charge in [-0.25, -0.2) is 4.79 Å². The van der Waals surface area contributed by atoms with Crippen LogP contribution in [0.25, 0.3) is 0 Å². The van der Waals surface area contributed by atoms with E-state index in [1.807, 2.05) is 6.92 Å². The Hall–Kier alpha value is -1.18. The van der Waals surface area contributed by atoms with Crippen molar-refractivity contribution < 1.29 is 18.0 Å². The Bertz CT molecular complexity index is 540. The number of rotatable bonds is 1. The smallest absolute Gasteiger partial charge is 0.322 e. The van der Waals surface area contributed by atoms with Crippen LogP contribution >= 0.6 is 24.0 Å². The maximum absolute atomic E-state index is 12.7. The lowest BCUT2D eigenvalue weighted by Gasteiger charge is -2.32. The molecule has 1 aromatic rings. The van der Waals surface area contributed by atoms with Gasteiger partial charge in [0.1, 0.15) is 0 Å². The summed E-state index contributed by atoms with van der Waals surface area (Å²) in [7, 11) is 0. The predicted molar refractivity (Wildman–Crippen MR) is 81.8 cm³/mol. The first-order valence-corrected chi connectivity index (χ1v) is 6.81. The minimum Gasteiger partial charge on any atom is -0.322 e. The fourth-order valence-electron chi connectivity index (χ4n) is 2.11. The van der Waals surface area contributed by atoms with Gasteiger partial charge >= 0.3 is 12.2 Å². The normalized spacial score (nSPS) is 18.6. The first kappa shape index (κ1) is 18.9. The lowest BCUT2D eigenvalue weighted by molar-refractivity contribution is -0.137. The highest BCUT2D eigenvalue weighted by molar-refractivity contribution is 6.33. The Labute approximate surface area is 137 Å². The number of halogens is 5. The molecule has 0 spiro atoms. The fourth-order valence-corrected chi connectivity index (χ4v) is 2.27. The molecular formula is C13H16Cl2F3N3O. The molecule has 124 valence electrons. The molecule has 9 heteroatoms. The van der Waals surface area contributed by atoms with Crippen molar-refractivity contribution in [1.82, 2.24) is 10.2 Å². The Morgan fingerprint density at radius 1 is 1.45 bits per heavy atom. The average molecular weight is 358 g/mol. The van der Waals surface area contributed by atoms with E-state index in [1.54, 1.807) is 0 Å². The van der Waals surface area contributed by atoms with Crippen LogP contribution in [-0.4, -0.2) is 36.6 Å². The number of piperazine rings is 1. The van der Waals surface area contributed by atoms with Crippen LogP contribution in [0.2, 0.25) is 5.02 Å². The molecule has 2 amide bonds. The van der Waals surface area contributed by atoms with Crippen molar-refractivity contribution in [2.75, 3.05) is 25.0 Å². The monoisotopic (exact) mass is 357 g/mol. The number of carbonyl (C=O) groups is 1. The number of alkyl halides is 3. The number of hydrogen-bond acceptors (Lipinski definition) is 2. The molecule has 1 heterocycles. The maximum Gasteiger partial charge on any atom is 0.416 e. The van der Waals surface area contributed by atoms with E-state index in [1.165, 1.54) is 4.90 Å². The zero-order chi connectivity index (χ0) is 15.6. The Morgan fingerprint density at radius 2 is 2.14 bits per heavy atom. The van der Waals surface area contributed by atoms with Gasteiger partial charge < -0.3 is 15.5 Å². The number of anilines is 1. The second kappa shape index (κ2) is 7.39. The molecular weight excluding hydrogens is 342 g/mol. The lowest BCUT2D eigenvalue weighted by Crippen LogP contribution is -2.52. The quantitative estimate of drug-likeness (QED) is 0.806. The van der Waals surface area contributed by atoms with E-state index >= 15 is 0 Å². The summed E-state index contributed by atoms with van der Waals surface area (Å²) in [6.07, 6.45) is -4.48. The molecule has 2 N–H and O–H groups in total. The Balaban J connectivity index is 0.00000242. The van der Waals surface area contributed by atoms with Gasteiger partial charge in [0.25, 0.3) is 0 Å². The average Bonchev–Trinajstić information content (AvgIpc) is 2.40. The summed E-state index contributed by atoms with van der Waals surface area (Å²) < 4.78 is 38.0. The number of urea groups is 1. The van der Waals surface area contributed by atoms with Gasteiger partial charge in [-0.05, 0) is 25.1 Å². The Kier molecular flexibility index (Phi) is 6.34. The molecule has 4 nitrogen and oxygen atoms in total. The third-order valence-electron chi connectivity index (χ3n) is 3.19. The van der Waals surface area contributed by atoms with E-state index in [-0.39, 0.29) is 29.2 Å². The van der Waals surface area contributed by atoms with Crippen molar-refractivity contribution in [2.24, 2.45) is 0 Å². The Morgan fingerprint density at radius 3 is 2.73 bits per heavy atom. The van der Waals surface area contributed by atoms with Crippen LogP contribution in [0, 0.1) is 0 Å². The standard InChI is InChI=1S/C13H15ClF3N3O.ClH/c1-8-7-20(5-4-18-8)12(21)19-11-6-9(13(15,16)17)2-3-10(11)14;/h2-3,6,8,18H,4-5,7H2,1H3,(H,19,21);1H/t8-;/m1./s1. The molecule has 22 heavy (non-hydrogen) atoms. The van der Waals surface area contributed by atoms with Gasteiger partial charge in [-0.3, -0.25) is 0 Å². The van der Waals surface area contributed by atoms with Gasteiger partial charge in [0.05, 0.1) is 16.3 Å². The van der Waals surface area contributed by atoms with Gasteiger partial charge in [-0.2, -0.15) is 13.2 Å². The number of benzene rings is 1. The summed E-state index contributed by atoms with van der Waals surface area (Å²) in [6.45, 7) is 3.55. The molecule has 0 unspecified atom stereocenters. The fraction of sp³-hybridized carbons (Fsp3) is 0.462. The summed E-state index contributed by atoms with van der Waals surface area (Å²) in [4.78, 5) is 13.6. The number of nitrogens with zero attached hydrogens (tertiary/aromatic N) is 1. The van der Waals surface area contributed by atoms with Gasteiger partial charge in [0.15, 0.2) is 0 Å². The molecule has 0 bridgehead atoms. The summed E-state index contributed by atoms with van der Waals surface area (Å²) >= 11 is 5.85. The largest absolute Gasteiger partial charge is 0.416 e. The third-order valence-corrected chi connectivity index (χ3v) is 3.52. The van der Waals surface area contributed by atoms with Crippen molar-refractivity contribution in [3.63, 3.8) is 0 Å². The van der Waals surface area contributed by atoms with Crippen LogP contribution in [0.1, 0.15) is 12.5 Å². The molecule has 1 fully saturated rings. The van der Waals surface area contributed by atoms with Gasteiger partial charge in [0.2, 0.25) is 0 Å². The van der Waals surface area contributed by atoms with Crippen molar-refractivity contribution in [3.05, 3.63) is 28.8 Å². The van der Waals surface area contributed by atoms with Crippen molar-refractivity contribution in [1.29, 1.82) is 0 Å². The minimum absolute atomic E-state index is 0. The van der Waals surface area contributed by atoms with Crippen LogP contribution in [0.5, 0.6) is 0 Å². The molecule has 2 rings (SSSR count). The van der Waals surface area contributed by atoms with Crippen LogP contribution in [0.3, 0.4) is 0 Å². The topological polar surface area (TPSA) is 44.4 Å². The number of nitrogens with one attached hydrogen (secondary N) is 2. The molecule has 1 aliphatic rings. The summed E-state index contributed by atoms with van der Waals surface area (Å²) in [5.74, 6) is 0. The van der Waals surface area contributed by atoms with Crippen LogP contribution < -0.4 is 10.6 Å². The van der Waals surface area contributed by atoms with Gasteiger partial charge in [-0.15, -0.1) is 12.4 Å². The lowest BCUT2D eigenvalue weighted by atomic mass is 10.2. The highest BCUT2D eigenvalue weighted by atomic mass is 35.5. The zero-order valence-electron chi connectivity index (χ0n) is 11.7. The molecule has 1 atom stereocenters. The molecule has 0 aliphatic carbocycles. The molecule has 0 aromatic heterocycles.